The van der Waals surface area contributed by atoms with Crippen molar-refractivity contribution in [3.05, 3.63) is 36.2 Å². The SMILES string of the molecule is CCCCCCCCS(=O)(=O)N1CCC(c2nc(-c3ccccc3)no2)CC1. The minimum Gasteiger partial charge on any atom is -0.339 e. The van der Waals surface area contributed by atoms with Crippen LogP contribution in [0.1, 0.15) is 70.1 Å². The fraction of sp³-hybridized carbons (Fsp3) is 0.619. The normalized spacial score (nSPS) is 16.5. The monoisotopic (exact) mass is 405 g/mol. The van der Waals surface area contributed by atoms with Gasteiger partial charge in [0, 0.05) is 24.6 Å². The Bertz CT molecular complexity index is 812. The topological polar surface area (TPSA) is 76.3 Å². The maximum atomic E-state index is 12.6. The number of sulfonamides is 1. The second-order valence-corrected chi connectivity index (χ2v) is 9.67. The van der Waals surface area contributed by atoms with Crippen molar-refractivity contribution in [2.24, 2.45) is 0 Å². The molecule has 0 saturated carbocycles. The summed E-state index contributed by atoms with van der Waals surface area (Å²) in [5, 5.41) is 4.08. The third-order valence-electron chi connectivity index (χ3n) is 5.43. The Labute approximate surface area is 168 Å². The highest BCUT2D eigenvalue weighted by Crippen LogP contribution is 2.29. The number of piperidine rings is 1. The molecule has 0 atom stereocenters. The van der Waals surface area contributed by atoms with E-state index < -0.39 is 10.0 Å². The van der Waals surface area contributed by atoms with Gasteiger partial charge in [-0.25, -0.2) is 12.7 Å². The highest BCUT2D eigenvalue weighted by molar-refractivity contribution is 7.89. The van der Waals surface area contributed by atoms with Crippen molar-refractivity contribution in [1.82, 2.24) is 14.4 Å². The molecule has 2 heterocycles. The Morgan fingerprint density at radius 3 is 2.43 bits per heavy atom. The third-order valence-corrected chi connectivity index (χ3v) is 7.38. The first-order valence-electron chi connectivity index (χ1n) is 10.5. The van der Waals surface area contributed by atoms with Crippen molar-refractivity contribution in [2.75, 3.05) is 18.8 Å². The van der Waals surface area contributed by atoms with Crippen LogP contribution in [-0.4, -0.2) is 41.7 Å². The Kier molecular flexibility index (Phi) is 7.62. The molecule has 7 heteroatoms. The van der Waals surface area contributed by atoms with Crippen LogP contribution in [0, 0.1) is 0 Å². The maximum Gasteiger partial charge on any atom is 0.230 e. The zero-order valence-corrected chi connectivity index (χ0v) is 17.5. The van der Waals surface area contributed by atoms with Gasteiger partial charge in [-0.3, -0.25) is 0 Å². The lowest BCUT2D eigenvalue weighted by Crippen LogP contribution is -2.39. The van der Waals surface area contributed by atoms with Gasteiger partial charge in [-0.05, 0) is 19.3 Å². The van der Waals surface area contributed by atoms with Gasteiger partial charge in [0.25, 0.3) is 0 Å². The van der Waals surface area contributed by atoms with Gasteiger partial charge < -0.3 is 4.52 Å². The van der Waals surface area contributed by atoms with E-state index >= 15 is 0 Å². The summed E-state index contributed by atoms with van der Waals surface area (Å²) in [6.45, 7) is 3.25. The molecule has 3 rings (SSSR count). The molecule has 0 unspecified atom stereocenters. The van der Waals surface area contributed by atoms with Crippen LogP contribution in [0.25, 0.3) is 11.4 Å². The summed E-state index contributed by atoms with van der Waals surface area (Å²) in [6.07, 6.45) is 8.00. The predicted octanol–water partition coefficient (Wildman–Crippen LogP) is 4.61. The third kappa shape index (κ3) is 5.64. The zero-order chi connectivity index (χ0) is 19.8. The molecular weight excluding hydrogens is 374 g/mol. The van der Waals surface area contributed by atoms with Crippen molar-refractivity contribution < 1.29 is 12.9 Å². The van der Waals surface area contributed by atoms with E-state index in [1.165, 1.54) is 19.3 Å². The first-order valence-corrected chi connectivity index (χ1v) is 12.1. The molecule has 0 radical (unpaired) electrons. The Balaban J connectivity index is 1.47. The number of nitrogens with zero attached hydrogens (tertiary/aromatic N) is 3. The van der Waals surface area contributed by atoms with E-state index in [2.05, 4.69) is 17.1 Å². The summed E-state index contributed by atoms with van der Waals surface area (Å²) >= 11 is 0. The quantitative estimate of drug-likeness (QED) is 0.540. The van der Waals surface area contributed by atoms with Crippen LogP contribution in [0.3, 0.4) is 0 Å². The van der Waals surface area contributed by atoms with E-state index in [1.807, 2.05) is 30.3 Å². The summed E-state index contributed by atoms with van der Waals surface area (Å²) in [7, 11) is -3.15. The van der Waals surface area contributed by atoms with Gasteiger partial charge in [0.15, 0.2) is 0 Å². The average molecular weight is 406 g/mol. The van der Waals surface area contributed by atoms with Crippen LogP contribution in [0.5, 0.6) is 0 Å². The van der Waals surface area contributed by atoms with Crippen molar-refractivity contribution >= 4 is 10.0 Å². The first-order chi connectivity index (χ1) is 13.6. The lowest BCUT2D eigenvalue weighted by Gasteiger charge is -2.29. The number of hydrogen-bond donors (Lipinski definition) is 0. The summed E-state index contributed by atoms with van der Waals surface area (Å²) in [4.78, 5) is 4.53. The van der Waals surface area contributed by atoms with Crippen molar-refractivity contribution in [1.29, 1.82) is 0 Å². The van der Waals surface area contributed by atoms with Crippen LogP contribution in [0.15, 0.2) is 34.9 Å². The number of hydrogen-bond acceptors (Lipinski definition) is 5. The van der Waals surface area contributed by atoms with E-state index in [0.29, 0.717) is 24.8 Å². The van der Waals surface area contributed by atoms with Crippen LogP contribution in [0.4, 0.5) is 0 Å². The van der Waals surface area contributed by atoms with E-state index in [1.54, 1.807) is 4.31 Å². The molecule has 2 aromatic rings. The van der Waals surface area contributed by atoms with E-state index in [-0.39, 0.29) is 11.7 Å². The Hall–Kier alpha value is -1.73. The van der Waals surface area contributed by atoms with Gasteiger partial charge in [0.2, 0.25) is 21.7 Å². The van der Waals surface area contributed by atoms with Crippen molar-refractivity contribution in [2.45, 2.75) is 64.2 Å². The van der Waals surface area contributed by atoms with Gasteiger partial charge in [-0.15, -0.1) is 0 Å². The molecule has 1 aromatic heterocycles. The van der Waals surface area contributed by atoms with Gasteiger partial charge in [0.1, 0.15) is 0 Å². The number of rotatable bonds is 10. The molecule has 0 bridgehead atoms. The standard InChI is InChI=1S/C21H31N3O3S/c1-2-3-4-5-6-10-17-28(25,26)24-15-13-19(14-16-24)21-22-20(23-27-21)18-11-8-7-9-12-18/h7-9,11-12,19H,2-6,10,13-17H2,1H3. The van der Waals surface area contributed by atoms with Gasteiger partial charge >= 0.3 is 0 Å². The molecule has 6 nitrogen and oxygen atoms in total. The molecule has 1 fully saturated rings. The molecule has 0 amide bonds. The maximum absolute atomic E-state index is 12.6. The van der Waals surface area contributed by atoms with E-state index in [9.17, 15) is 8.42 Å². The summed E-state index contributed by atoms with van der Waals surface area (Å²) < 4.78 is 32.3. The summed E-state index contributed by atoms with van der Waals surface area (Å²) in [5.74, 6) is 1.61. The molecule has 0 N–H and O–H groups in total. The fourth-order valence-electron chi connectivity index (χ4n) is 3.68. The predicted molar refractivity (Wildman–Crippen MR) is 110 cm³/mol. The van der Waals surface area contributed by atoms with E-state index in [0.717, 1.165) is 37.7 Å². The summed E-state index contributed by atoms with van der Waals surface area (Å²) in [5.41, 5.74) is 0.927. The molecule has 1 aromatic carbocycles. The molecule has 0 spiro atoms. The minimum absolute atomic E-state index is 0.130. The lowest BCUT2D eigenvalue weighted by molar-refractivity contribution is 0.270. The number of benzene rings is 1. The van der Waals surface area contributed by atoms with Crippen LogP contribution in [-0.2, 0) is 10.0 Å². The van der Waals surface area contributed by atoms with Gasteiger partial charge in [-0.2, -0.15) is 4.98 Å². The second kappa shape index (κ2) is 10.2. The Morgan fingerprint density at radius 1 is 1.04 bits per heavy atom. The second-order valence-electron chi connectivity index (χ2n) is 7.58. The zero-order valence-electron chi connectivity index (χ0n) is 16.7. The van der Waals surface area contributed by atoms with Crippen molar-refractivity contribution in [3.63, 3.8) is 0 Å². The van der Waals surface area contributed by atoms with Crippen LogP contribution in [0.2, 0.25) is 0 Å². The summed E-state index contributed by atoms with van der Waals surface area (Å²) in [6, 6.07) is 9.74. The van der Waals surface area contributed by atoms with Gasteiger partial charge in [0.05, 0.1) is 5.75 Å². The number of unbranched alkanes of at least 4 members (excludes halogenated alkanes) is 5. The van der Waals surface area contributed by atoms with Gasteiger partial charge in [-0.1, -0.05) is 74.5 Å². The smallest absolute Gasteiger partial charge is 0.230 e. The Morgan fingerprint density at radius 2 is 1.71 bits per heavy atom. The van der Waals surface area contributed by atoms with Crippen LogP contribution >= 0.6 is 0 Å². The average Bonchev–Trinajstić information content (AvgIpc) is 3.22. The van der Waals surface area contributed by atoms with Crippen molar-refractivity contribution in [3.8, 4) is 11.4 Å². The highest BCUT2D eigenvalue weighted by Gasteiger charge is 2.30. The molecule has 28 heavy (non-hydrogen) atoms. The molecule has 1 aliphatic heterocycles. The lowest BCUT2D eigenvalue weighted by atomic mass is 9.98. The minimum atomic E-state index is -3.15. The van der Waals surface area contributed by atoms with E-state index in [4.69, 9.17) is 4.52 Å². The molecule has 0 aliphatic carbocycles. The molecular formula is C21H31N3O3S. The molecule has 1 saturated heterocycles. The highest BCUT2D eigenvalue weighted by atomic mass is 32.2. The fourth-order valence-corrected chi connectivity index (χ4v) is 5.27. The molecule has 154 valence electrons. The van der Waals surface area contributed by atoms with Crippen LogP contribution < -0.4 is 0 Å². The molecule has 1 aliphatic rings. The first kappa shape index (κ1) is 21.0. The largest absolute Gasteiger partial charge is 0.339 e. The number of aromatic nitrogens is 2.